The summed E-state index contributed by atoms with van der Waals surface area (Å²) in [6.45, 7) is 2.18. The first-order valence-electron chi connectivity index (χ1n) is 7.15. The van der Waals surface area contributed by atoms with Crippen molar-refractivity contribution in [1.29, 1.82) is 0 Å². The van der Waals surface area contributed by atoms with E-state index in [0.29, 0.717) is 6.42 Å². The van der Waals surface area contributed by atoms with Gasteiger partial charge in [0.1, 0.15) is 0 Å². The van der Waals surface area contributed by atoms with E-state index >= 15 is 0 Å². The van der Waals surface area contributed by atoms with Gasteiger partial charge in [-0.1, -0.05) is 45.4 Å². The Morgan fingerprint density at radius 3 is 2.16 bits per heavy atom. The molecule has 2 N–H and O–H groups in total. The maximum Gasteiger partial charge on any atom is 0.308 e. The zero-order valence-electron chi connectivity index (χ0n) is 11.8. The molecule has 0 aromatic rings. The van der Waals surface area contributed by atoms with E-state index in [1.807, 2.05) is 0 Å². The molecule has 1 atom stereocenters. The van der Waals surface area contributed by atoms with Crippen LogP contribution in [0.1, 0.15) is 71.1 Å². The molecule has 0 saturated carbocycles. The monoisotopic (exact) mass is 274 g/mol. The van der Waals surface area contributed by atoms with Crippen LogP contribution in [0.25, 0.3) is 0 Å². The normalized spacial score (nSPS) is 12.1. The van der Waals surface area contributed by atoms with Crippen LogP contribution in [-0.4, -0.2) is 28.4 Å². The standard InChI is InChI=1S/C14H26O5/c1-2-3-4-5-6-7-8-9-13(17)19-14(18)11-10-12(15)16/h13,17H,2-11H2,1H3,(H,15,16). The Bertz CT molecular complexity index is 252. The predicted octanol–water partition coefficient (Wildman–Crippen LogP) is 2.85. The number of unbranched alkanes of at least 4 members (excludes halogenated alkanes) is 6. The number of aliphatic carboxylic acids is 1. The molecular weight excluding hydrogens is 248 g/mol. The number of hydrogen-bond acceptors (Lipinski definition) is 4. The molecule has 1 unspecified atom stereocenters. The van der Waals surface area contributed by atoms with Crippen molar-refractivity contribution < 1.29 is 24.5 Å². The van der Waals surface area contributed by atoms with Crippen LogP contribution >= 0.6 is 0 Å². The molecule has 0 aliphatic carbocycles. The van der Waals surface area contributed by atoms with Gasteiger partial charge in [0, 0.05) is 6.42 Å². The molecule has 0 aromatic carbocycles. The highest BCUT2D eigenvalue weighted by atomic mass is 16.6. The summed E-state index contributed by atoms with van der Waals surface area (Å²) in [5, 5.41) is 17.8. The minimum atomic E-state index is -1.10. The zero-order chi connectivity index (χ0) is 14.5. The van der Waals surface area contributed by atoms with Crippen LogP contribution < -0.4 is 0 Å². The molecule has 19 heavy (non-hydrogen) atoms. The van der Waals surface area contributed by atoms with Gasteiger partial charge in [-0.2, -0.15) is 0 Å². The molecule has 0 aromatic heterocycles. The molecular formula is C14H26O5. The molecule has 5 heteroatoms. The third kappa shape index (κ3) is 13.1. The molecule has 5 nitrogen and oxygen atoms in total. The molecule has 0 spiro atoms. The van der Waals surface area contributed by atoms with E-state index in [0.717, 1.165) is 19.3 Å². The largest absolute Gasteiger partial charge is 0.481 e. The number of esters is 1. The number of carbonyl (C=O) groups excluding carboxylic acids is 1. The molecule has 0 radical (unpaired) electrons. The average Bonchev–Trinajstić information content (AvgIpc) is 2.35. The molecule has 0 saturated heterocycles. The minimum absolute atomic E-state index is 0.191. The maximum atomic E-state index is 11.1. The highest BCUT2D eigenvalue weighted by Gasteiger charge is 2.12. The summed E-state index contributed by atoms with van der Waals surface area (Å²) < 4.78 is 4.70. The van der Waals surface area contributed by atoms with Gasteiger partial charge in [0.15, 0.2) is 0 Å². The van der Waals surface area contributed by atoms with E-state index in [9.17, 15) is 14.7 Å². The first-order valence-corrected chi connectivity index (χ1v) is 7.15. The minimum Gasteiger partial charge on any atom is -0.481 e. The van der Waals surface area contributed by atoms with Crippen LogP contribution in [0.2, 0.25) is 0 Å². The second-order valence-electron chi connectivity index (χ2n) is 4.75. The Balaban J connectivity index is 3.40. The van der Waals surface area contributed by atoms with Gasteiger partial charge in [0.25, 0.3) is 0 Å². The van der Waals surface area contributed by atoms with E-state index in [-0.39, 0.29) is 12.8 Å². The van der Waals surface area contributed by atoms with E-state index < -0.39 is 18.2 Å². The molecule has 0 heterocycles. The molecule has 0 rings (SSSR count). The summed E-state index contributed by atoms with van der Waals surface area (Å²) in [7, 11) is 0. The number of aliphatic hydroxyl groups is 1. The van der Waals surface area contributed by atoms with Crippen molar-refractivity contribution in [2.75, 3.05) is 0 Å². The SMILES string of the molecule is CCCCCCCCCC(O)OC(=O)CCC(=O)O. The van der Waals surface area contributed by atoms with Gasteiger partial charge in [-0.15, -0.1) is 0 Å². The average molecular weight is 274 g/mol. The molecule has 0 fully saturated rings. The summed E-state index contributed by atoms with van der Waals surface area (Å²) in [5.41, 5.74) is 0. The predicted molar refractivity (Wildman–Crippen MR) is 71.6 cm³/mol. The fourth-order valence-electron chi connectivity index (χ4n) is 1.75. The van der Waals surface area contributed by atoms with Gasteiger partial charge < -0.3 is 14.9 Å². The fourth-order valence-corrected chi connectivity index (χ4v) is 1.75. The summed E-state index contributed by atoms with van der Waals surface area (Å²) in [6.07, 6.45) is 6.81. The van der Waals surface area contributed by atoms with Gasteiger partial charge in [-0.25, -0.2) is 0 Å². The van der Waals surface area contributed by atoms with Crippen molar-refractivity contribution in [3.8, 4) is 0 Å². The number of rotatable bonds is 12. The number of carboxylic acid groups (broad SMARTS) is 1. The Morgan fingerprint density at radius 2 is 1.58 bits per heavy atom. The lowest BCUT2D eigenvalue weighted by molar-refractivity contribution is -0.170. The first-order chi connectivity index (χ1) is 9.06. The highest BCUT2D eigenvalue weighted by Crippen LogP contribution is 2.10. The van der Waals surface area contributed by atoms with Gasteiger partial charge in [-0.3, -0.25) is 9.59 Å². The molecule has 112 valence electrons. The van der Waals surface area contributed by atoms with E-state index in [2.05, 4.69) is 6.92 Å². The van der Waals surface area contributed by atoms with Gasteiger partial charge >= 0.3 is 11.9 Å². The maximum absolute atomic E-state index is 11.1. The van der Waals surface area contributed by atoms with Crippen LogP contribution in [0.4, 0.5) is 0 Å². The summed E-state index contributed by atoms with van der Waals surface area (Å²) >= 11 is 0. The molecule has 0 aliphatic heterocycles. The molecule has 0 amide bonds. The smallest absolute Gasteiger partial charge is 0.308 e. The van der Waals surface area contributed by atoms with Crippen molar-refractivity contribution in [3.05, 3.63) is 0 Å². The lowest BCUT2D eigenvalue weighted by Gasteiger charge is -2.11. The topological polar surface area (TPSA) is 83.8 Å². The molecule has 0 aliphatic rings. The Hall–Kier alpha value is -1.10. The zero-order valence-corrected chi connectivity index (χ0v) is 11.8. The third-order valence-electron chi connectivity index (χ3n) is 2.87. The Kier molecular flexibility index (Phi) is 11.3. The number of aliphatic hydroxyl groups excluding tert-OH is 1. The molecule has 0 bridgehead atoms. The van der Waals surface area contributed by atoms with Crippen molar-refractivity contribution >= 4 is 11.9 Å². The van der Waals surface area contributed by atoms with Crippen molar-refractivity contribution in [2.45, 2.75) is 77.4 Å². The summed E-state index contributed by atoms with van der Waals surface area (Å²) in [6, 6.07) is 0. The van der Waals surface area contributed by atoms with Crippen molar-refractivity contribution in [1.82, 2.24) is 0 Å². The van der Waals surface area contributed by atoms with Crippen LogP contribution in [0, 0.1) is 0 Å². The van der Waals surface area contributed by atoms with E-state index in [4.69, 9.17) is 9.84 Å². The second kappa shape index (κ2) is 12.0. The number of ether oxygens (including phenoxy) is 1. The van der Waals surface area contributed by atoms with Crippen LogP contribution in [-0.2, 0) is 14.3 Å². The van der Waals surface area contributed by atoms with Crippen LogP contribution in [0.3, 0.4) is 0 Å². The van der Waals surface area contributed by atoms with Crippen LogP contribution in [0.15, 0.2) is 0 Å². The number of carboxylic acids is 1. The Labute approximate surface area is 115 Å². The third-order valence-corrected chi connectivity index (χ3v) is 2.87. The first kappa shape index (κ1) is 17.9. The van der Waals surface area contributed by atoms with Crippen molar-refractivity contribution in [3.63, 3.8) is 0 Å². The van der Waals surface area contributed by atoms with Gasteiger partial charge in [-0.05, 0) is 6.42 Å². The summed E-state index contributed by atoms with van der Waals surface area (Å²) in [5.74, 6) is -1.70. The highest BCUT2D eigenvalue weighted by molar-refractivity contribution is 5.76. The second-order valence-corrected chi connectivity index (χ2v) is 4.75. The number of hydrogen-bond donors (Lipinski definition) is 2. The van der Waals surface area contributed by atoms with Crippen molar-refractivity contribution in [2.24, 2.45) is 0 Å². The van der Waals surface area contributed by atoms with E-state index in [1.54, 1.807) is 0 Å². The van der Waals surface area contributed by atoms with Crippen LogP contribution in [0.5, 0.6) is 0 Å². The van der Waals surface area contributed by atoms with E-state index in [1.165, 1.54) is 25.7 Å². The lowest BCUT2D eigenvalue weighted by atomic mass is 10.1. The van der Waals surface area contributed by atoms with Gasteiger partial charge in [0.05, 0.1) is 12.8 Å². The van der Waals surface area contributed by atoms with Gasteiger partial charge in [0.2, 0.25) is 6.29 Å². The summed E-state index contributed by atoms with van der Waals surface area (Å²) in [4.78, 5) is 21.4. The lowest BCUT2D eigenvalue weighted by Crippen LogP contribution is -2.18. The quantitative estimate of drug-likeness (QED) is 0.325. The Morgan fingerprint density at radius 1 is 1.00 bits per heavy atom. The number of carbonyl (C=O) groups is 2. The fraction of sp³-hybridized carbons (Fsp3) is 0.857.